The van der Waals surface area contributed by atoms with Gasteiger partial charge in [0.1, 0.15) is 0 Å². The van der Waals surface area contributed by atoms with Gasteiger partial charge in [0, 0.05) is 19.7 Å². The van der Waals surface area contributed by atoms with E-state index in [1.165, 1.54) is 4.31 Å². The van der Waals surface area contributed by atoms with E-state index < -0.39 is 10.0 Å². The zero-order valence-corrected chi connectivity index (χ0v) is 8.76. The monoisotopic (exact) mass is 207 g/mol. The SMILES string of the molecule is CCN(CCCO)S(=O)(=O)C1CC1. The third-order valence-corrected chi connectivity index (χ3v) is 4.70. The quantitative estimate of drug-likeness (QED) is 0.676. The Morgan fingerprint density at radius 2 is 2.08 bits per heavy atom. The molecule has 0 spiro atoms. The minimum atomic E-state index is -3.03. The fraction of sp³-hybridized carbons (Fsp3) is 1.00. The summed E-state index contributed by atoms with van der Waals surface area (Å²) in [6.45, 7) is 2.85. The minimum Gasteiger partial charge on any atom is -0.396 e. The summed E-state index contributed by atoms with van der Waals surface area (Å²) < 4.78 is 24.8. The molecule has 0 radical (unpaired) electrons. The van der Waals surface area contributed by atoms with Gasteiger partial charge in [0.25, 0.3) is 0 Å². The second-order valence-electron chi connectivity index (χ2n) is 3.31. The summed E-state index contributed by atoms with van der Waals surface area (Å²) in [5, 5.41) is 8.48. The molecule has 0 amide bonds. The number of sulfonamides is 1. The Labute approximate surface area is 79.6 Å². The first-order valence-corrected chi connectivity index (χ1v) is 6.23. The molecule has 1 aliphatic carbocycles. The molecule has 1 fully saturated rings. The molecule has 0 aromatic carbocycles. The maximum atomic E-state index is 11.7. The average Bonchev–Trinajstić information content (AvgIpc) is 2.87. The van der Waals surface area contributed by atoms with Gasteiger partial charge in [-0.25, -0.2) is 12.7 Å². The van der Waals surface area contributed by atoms with Gasteiger partial charge in [0.2, 0.25) is 10.0 Å². The highest BCUT2D eigenvalue weighted by Crippen LogP contribution is 2.30. The van der Waals surface area contributed by atoms with E-state index in [1.807, 2.05) is 6.92 Å². The first-order chi connectivity index (χ1) is 6.12. The highest BCUT2D eigenvalue weighted by molar-refractivity contribution is 7.90. The van der Waals surface area contributed by atoms with Crippen LogP contribution in [0.25, 0.3) is 0 Å². The number of nitrogens with zero attached hydrogens (tertiary/aromatic N) is 1. The zero-order valence-electron chi connectivity index (χ0n) is 7.94. The van der Waals surface area contributed by atoms with Crippen LogP contribution in [0.1, 0.15) is 26.2 Å². The maximum absolute atomic E-state index is 11.7. The van der Waals surface area contributed by atoms with Crippen molar-refractivity contribution in [2.45, 2.75) is 31.4 Å². The lowest BCUT2D eigenvalue weighted by Crippen LogP contribution is -2.34. The fourth-order valence-corrected chi connectivity index (χ4v) is 3.19. The van der Waals surface area contributed by atoms with Crippen LogP contribution in [0.3, 0.4) is 0 Å². The molecule has 4 nitrogen and oxygen atoms in total. The van der Waals surface area contributed by atoms with Crippen molar-refractivity contribution in [3.8, 4) is 0 Å². The highest BCUT2D eigenvalue weighted by Gasteiger charge is 2.39. The molecule has 0 bridgehead atoms. The molecule has 13 heavy (non-hydrogen) atoms. The summed E-state index contributed by atoms with van der Waals surface area (Å²) >= 11 is 0. The Bertz CT molecular complexity index is 246. The normalized spacial score (nSPS) is 18.1. The summed E-state index contributed by atoms with van der Waals surface area (Å²) in [5.41, 5.74) is 0. The number of hydrogen-bond donors (Lipinski definition) is 1. The minimum absolute atomic E-state index is 0.0523. The van der Waals surface area contributed by atoms with E-state index in [9.17, 15) is 8.42 Å². The molecule has 0 aliphatic heterocycles. The maximum Gasteiger partial charge on any atom is 0.216 e. The summed E-state index contributed by atoms with van der Waals surface area (Å²) in [6, 6.07) is 0. The largest absolute Gasteiger partial charge is 0.396 e. The Kier molecular flexibility index (Phi) is 3.70. The van der Waals surface area contributed by atoms with Crippen LogP contribution in [0.4, 0.5) is 0 Å². The van der Waals surface area contributed by atoms with E-state index >= 15 is 0 Å². The van der Waals surface area contributed by atoms with Crippen molar-refractivity contribution in [1.82, 2.24) is 4.31 Å². The van der Waals surface area contributed by atoms with Gasteiger partial charge >= 0.3 is 0 Å². The molecule has 0 saturated heterocycles. The molecule has 0 atom stereocenters. The van der Waals surface area contributed by atoms with Crippen LogP contribution in [-0.4, -0.2) is 42.8 Å². The Hall–Kier alpha value is -0.130. The molecule has 0 unspecified atom stereocenters. The molecule has 0 heterocycles. The topological polar surface area (TPSA) is 57.6 Å². The van der Waals surface area contributed by atoms with Gasteiger partial charge in [-0.05, 0) is 19.3 Å². The third kappa shape index (κ3) is 2.65. The van der Waals surface area contributed by atoms with Crippen LogP contribution in [0, 0.1) is 0 Å². The second kappa shape index (κ2) is 4.39. The molecular weight excluding hydrogens is 190 g/mol. The van der Waals surface area contributed by atoms with Gasteiger partial charge < -0.3 is 5.11 Å². The van der Waals surface area contributed by atoms with E-state index in [4.69, 9.17) is 5.11 Å². The number of rotatable bonds is 6. The molecule has 5 heteroatoms. The van der Waals surface area contributed by atoms with E-state index in [1.54, 1.807) is 0 Å². The molecule has 1 N–H and O–H groups in total. The standard InChI is InChI=1S/C8H17NO3S/c1-2-9(6-3-7-10)13(11,12)8-4-5-8/h8,10H,2-7H2,1H3. The van der Waals surface area contributed by atoms with Crippen molar-refractivity contribution in [2.75, 3.05) is 19.7 Å². The highest BCUT2D eigenvalue weighted by atomic mass is 32.2. The van der Waals surface area contributed by atoms with Crippen molar-refractivity contribution in [2.24, 2.45) is 0 Å². The van der Waals surface area contributed by atoms with Gasteiger partial charge in [0.05, 0.1) is 5.25 Å². The van der Waals surface area contributed by atoms with Crippen molar-refractivity contribution < 1.29 is 13.5 Å². The Morgan fingerprint density at radius 3 is 2.46 bits per heavy atom. The molecule has 0 aromatic rings. The van der Waals surface area contributed by atoms with Crippen LogP contribution in [0.15, 0.2) is 0 Å². The summed E-state index contributed by atoms with van der Waals surface area (Å²) in [4.78, 5) is 0. The van der Waals surface area contributed by atoms with E-state index in [0.717, 1.165) is 12.8 Å². The first kappa shape index (κ1) is 10.9. The molecule has 1 aliphatic rings. The Morgan fingerprint density at radius 1 is 1.46 bits per heavy atom. The summed E-state index contributed by atoms with van der Waals surface area (Å²) in [7, 11) is -3.03. The number of hydrogen-bond acceptors (Lipinski definition) is 3. The van der Waals surface area contributed by atoms with Gasteiger partial charge in [-0.3, -0.25) is 0 Å². The summed E-state index contributed by atoms with van der Waals surface area (Å²) in [5.74, 6) is 0. The predicted molar refractivity (Wildman–Crippen MR) is 50.9 cm³/mol. The van der Waals surface area contributed by atoms with E-state index in [-0.39, 0.29) is 11.9 Å². The van der Waals surface area contributed by atoms with E-state index in [0.29, 0.717) is 19.5 Å². The van der Waals surface area contributed by atoms with Crippen LogP contribution in [0.5, 0.6) is 0 Å². The summed E-state index contributed by atoms with van der Waals surface area (Å²) in [6.07, 6.45) is 2.13. The van der Waals surface area contributed by atoms with E-state index in [2.05, 4.69) is 0 Å². The van der Waals surface area contributed by atoms with Gasteiger partial charge in [-0.15, -0.1) is 0 Å². The first-order valence-electron chi connectivity index (χ1n) is 4.72. The molecular formula is C8H17NO3S. The zero-order chi connectivity index (χ0) is 9.90. The molecule has 1 saturated carbocycles. The lowest BCUT2D eigenvalue weighted by Gasteiger charge is -2.19. The fourth-order valence-electron chi connectivity index (χ4n) is 1.29. The van der Waals surface area contributed by atoms with Crippen LogP contribution in [-0.2, 0) is 10.0 Å². The lowest BCUT2D eigenvalue weighted by molar-refractivity contribution is 0.271. The molecule has 0 aromatic heterocycles. The van der Waals surface area contributed by atoms with Crippen LogP contribution in [0.2, 0.25) is 0 Å². The van der Waals surface area contributed by atoms with Crippen molar-refractivity contribution in [1.29, 1.82) is 0 Å². The Balaban J connectivity index is 2.53. The van der Waals surface area contributed by atoms with Gasteiger partial charge in [0.15, 0.2) is 0 Å². The van der Waals surface area contributed by atoms with Crippen molar-refractivity contribution in [3.05, 3.63) is 0 Å². The number of aliphatic hydroxyl groups excluding tert-OH is 1. The van der Waals surface area contributed by atoms with Gasteiger partial charge in [-0.1, -0.05) is 6.92 Å². The smallest absolute Gasteiger partial charge is 0.216 e. The van der Waals surface area contributed by atoms with Crippen molar-refractivity contribution in [3.63, 3.8) is 0 Å². The van der Waals surface area contributed by atoms with Crippen molar-refractivity contribution >= 4 is 10.0 Å². The average molecular weight is 207 g/mol. The molecule has 1 rings (SSSR count). The lowest BCUT2D eigenvalue weighted by atomic mass is 10.4. The molecule has 78 valence electrons. The predicted octanol–water partition coefficient (Wildman–Crippen LogP) is 0.183. The number of aliphatic hydroxyl groups is 1. The van der Waals surface area contributed by atoms with Crippen LogP contribution < -0.4 is 0 Å². The third-order valence-electron chi connectivity index (χ3n) is 2.22. The second-order valence-corrected chi connectivity index (χ2v) is 5.53. The van der Waals surface area contributed by atoms with Crippen LogP contribution >= 0.6 is 0 Å². The van der Waals surface area contributed by atoms with Gasteiger partial charge in [-0.2, -0.15) is 0 Å².